The van der Waals surface area contributed by atoms with Crippen molar-refractivity contribution in [2.75, 3.05) is 20.8 Å². The van der Waals surface area contributed by atoms with Crippen molar-refractivity contribution in [1.29, 1.82) is 0 Å². The first-order valence-corrected chi connectivity index (χ1v) is 7.58. The molecule has 1 aromatic carbocycles. The number of benzene rings is 1. The zero-order valence-electron chi connectivity index (χ0n) is 11.7. The SMILES string of the molecule is COc1cc(Br)c(OC)c(C2(CN)CCCCC2)c1. The molecule has 1 fully saturated rings. The van der Waals surface area contributed by atoms with E-state index in [1.807, 2.05) is 6.07 Å². The lowest BCUT2D eigenvalue weighted by Crippen LogP contribution is -2.37. The molecule has 1 aromatic rings. The molecule has 0 amide bonds. The van der Waals surface area contributed by atoms with Crippen molar-refractivity contribution in [3.8, 4) is 11.5 Å². The number of halogens is 1. The first kappa shape index (κ1) is 14.7. The summed E-state index contributed by atoms with van der Waals surface area (Å²) in [5.41, 5.74) is 7.34. The van der Waals surface area contributed by atoms with Crippen molar-refractivity contribution < 1.29 is 9.47 Å². The summed E-state index contributed by atoms with van der Waals surface area (Å²) in [5.74, 6) is 1.74. The van der Waals surface area contributed by atoms with E-state index in [0.717, 1.165) is 28.8 Å². The summed E-state index contributed by atoms with van der Waals surface area (Å²) in [6, 6.07) is 4.02. The second-order valence-corrected chi connectivity index (χ2v) is 6.09. The van der Waals surface area contributed by atoms with Gasteiger partial charge in [-0.2, -0.15) is 0 Å². The molecule has 1 saturated carbocycles. The predicted octanol–water partition coefficient (Wildman–Crippen LogP) is 3.63. The molecular formula is C15H22BrNO2. The van der Waals surface area contributed by atoms with Crippen LogP contribution in [0.5, 0.6) is 11.5 Å². The molecule has 3 nitrogen and oxygen atoms in total. The highest BCUT2D eigenvalue weighted by Crippen LogP contribution is 2.46. The van der Waals surface area contributed by atoms with E-state index < -0.39 is 0 Å². The zero-order chi connectivity index (χ0) is 13.9. The van der Waals surface area contributed by atoms with E-state index in [4.69, 9.17) is 15.2 Å². The highest BCUT2D eigenvalue weighted by molar-refractivity contribution is 9.10. The fourth-order valence-corrected chi connectivity index (χ4v) is 3.70. The van der Waals surface area contributed by atoms with E-state index in [0.29, 0.717) is 6.54 Å². The van der Waals surface area contributed by atoms with Gasteiger partial charge in [0.05, 0.1) is 18.7 Å². The minimum atomic E-state index is 0.0284. The number of methoxy groups -OCH3 is 2. The van der Waals surface area contributed by atoms with Gasteiger partial charge in [0.2, 0.25) is 0 Å². The van der Waals surface area contributed by atoms with E-state index in [1.165, 1.54) is 24.8 Å². The summed E-state index contributed by atoms with van der Waals surface area (Å²) >= 11 is 3.57. The van der Waals surface area contributed by atoms with Gasteiger partial charge in [-0.05, 0) is 40.9 Å². The summed E-state index contributed by atoms with van der Waals surface area (Å²) in [5, 5.41) is 0. The molecule has 0 aliphatic heterocycles. The Morgan fingerprint density at radius 2 is 1.84 bits per heavy atom. The third-order valence-corrected chi connectivity index (χ3v) is 4.82. The first-order valence-electron chi connectivity index (χ1n) is 6.79. The topological polar surface area (TPSA) is 44.5 Å². The zero-order valence-corrected chi connectivity index (χ0v) is 13.3. The van der Waals surface area contributed by atoms with Crippen molar-refractivity contribution >= 4 is 15.9 Å². The van der Waals surface area contributed by atoms with Gasteiger partial charge >= 0.3 is 0 Å². The quantitative estimate of drug-likeness (QED) is 0.918. The van der Waals surface area contributed by atoms with Gasteiger partial charge in [0, 0.05) is 17.5 Å². The molecule has 4 heteroatoms. The lowest BCUT2D eigenvalue weighted by atomic mass is 9.69. The molecule has 106 valence electrons. The third kappa shape index (κ3) is 2.75. The molecule has 0 spiro atoms. The van der Waals surface area contributed by atoms with E-state index >= 15 is 0 Å². The average Bonchev–Trinajstić information content (AvgIpc) is 2.47. The molecule has 1 aliphatic rings. The van der Waals surface area contributed by atoms with Gasteiger partial charge in [-0.15, -0.1) is 0 Å². The Kier molecular flexibility index (Phi) is 4.74. The molecule has 0 heterocycles. The molecule has 0 saturated heterocycles. The number of rotatable bonds is 4. The Morgan fingerprint density at radius 3 is 2.37 bits per heavy atom. The van der Waals surface area contributed by atoms with E-state index in [-0.39, 0.29) is 5.41 Å². The monoisotopic (exact) mass is 327 g/mol. The van der Waals surface area contributed by atoms with Gasteiger partial charge in [0.1, 0.15) is 11.5 Å². The Hall–Kier alpha value is -0.740. The highest BCUT2D eigenvalue weighted by atomic mass is 79.9. The van der Waals surface area contributed by atoms with Crippen LogP contribution in [-0.4, -0.2) is 20.8 Å². The van der Waals surface area contributed by atoms with Crippen LogP contribution < -0.4 is 15.2 Å². The van der Waals surface area contributed by atoms with E-state index in [1.54, 1.807) is 14.2 Å². The summed E-state index contributed by atoms with van der Waals surface area (Å²) < 4.78 is 11.9. The molecule has 2 N–H and O–H groups in total. The summed E-state index contributed by atoms with van der Waals surface area (Å²) in [6.45, 7) is 0.656. The lowest BCUT2D eigenvalue weighted by molar-refractivity contribution is 0.285. The highest BCUT2D eigenvalue weighted by Gasteiger charge is 2.36. The molecule has 2 rings (SSSR count). The Morgan fingerprint density at radius 1 is 1.16 bits per heavy atom. The number of nitrogens with two attached hydrogens (primary N) is 1. The molecule has 0 atom stereocenters. The Bertz CT molecular complexity index is 442. The Labute approximate surface area is 123 Å². The fourth-order valence-electron chi connectivity index (χ4n) is 3.10. The second-order valence-electron chi connectivity index (χ2n) is 5.24. The first-order chi connectivity index (χ1) is 9.16. The molecular weight excluding hydrogens is 306 g/mol. The molecule has 0 bridgehead atoms. The maximum absolute atomic E-state index is 6.12. The fraction of sp³-hybridized carbons (Fsp3) is 0.600. The van der Waals surface area contributed by atoms with Crippen molar-refractivity contribution in [1.82, 2.24) is 0 Å². The van der Waals surface area contributed by atoms with Gasteiger partial charge in [0.25, 0.3) is 0 Å². The van der Waals surface area contributed by atoms with E-state index in [9.17, 15) is 0 Å². The van der Waals surface area contributed by atoms with Gasteiger partial charge in [-0.1, -0.05) is 19.3 Å². The van der Waals surface area contributed by atoms with Gasteiger partial charge in [0.15, 0.2) is 0 Å². The second kappa shape index (κ2) is 6.14. The molecule has 1 aliphatic carbocycles. The van der Waals surface area contributed by atoms with Crippen LogP contribution >= 0.6 is 15.9 Å². The normalized spacial score (nSPS) is 18.1. The number of ether oxygens (including phenoxy) is 2. The minimum Gasteiger partial charge on any atom is -0.497 e. The summed E-state index contributed by atoms with van der Waals surface area (Å²) in [7, 11) is 3.40. The Balaban J connectivity index is 2.54. The van der Waals surface area contributed by atoms with Gasteiger partial charge < -0.3 is 15.2 Å². The predicted molar refractivity (Wildman–Crippen MR) is 81.1 cm³/mol. The maximum atomic E-state index is 6.12. The van der Waals surface area contributed by atoms with Crippen LogP contribution in [-0.2, 0) is 5.41 Å². The van der Waals surface area contributed by atoms with Crippen LogP contribution in [0.3, 0.4) is 0 Å². The lowest BCUT2D eigenvalue weighted by Gasteiger charge is -2.38. The third-order valence-electron chi connectivity index (χ3n) is 4.23. The van der Waals surface area contributed by atoms with Crippen LogP contribution in [0.15, 0.2) is 16.6 Å². The largest absolute Gasteiger partial charge is 0.497 e. The van der Waals surface area contributed by atoms with Crippen LogP contribution in [0.2, 0.25) is 0 Å². The molecule has 0 radical (unpaired) electrons. The van der Waals surface area contributed by atoms with E-state index in [2.05, 4.69) is 22.0 Å². The van der Waals surface area contributed by atoms with Crippen LogP contribution in [0, 0.1) is 0 Å². The summed E-state index contributed by atoms with van der Waals surface area (Å²) in [4.78, 5) is 0. The standard InChI is InChI=1S/C15H22BrNO2/c1-18-11-8-12(14(19-2)13(16)9-11)15(10-17)6-4-3-5-7-15/h8-9H,3-7,10,17H2,1-2H3. The van der Waals surface area contributed by atoms with Gasteiger partial charge in [-0.25, -0.2) is 0 Å². The van der Waals surface area contributed by atoms with Crippen molar-refractivity contribution in [3.63, 3.8) is 0 Å². The van der Waals surface area contributed by atoms with Crippen LogP contribution in [0.1, 0.15) is 37.7 Å². The van der Waals surface area contributed by atoms with Crippen LogP contribution in [0.4, 0.5) is 0 Å². The minimum absolute atomic E-state index is 0.0284. The van der Waals surface area contributed by atoms with Crippen molar-refractivity contribution in [2.45, 2.75) is 37.5 Å². The number of hydrogen-bond donors (Lipinski definition) is 1. The van der Waals surface area contributed by atoms with Crippen LogP contribution in [0.25, 0.3) is 0 Å². The van der Waals surface area contributed by atoms with Crippen molar-refractivity contribution in [2.24, 2.45) is 5.73 Å². The number of hydrogen-bond acceptors (Lipinski definition) is 3. The van der Waals surface area contributed by atoms with Crippen molar-refractivity contribution in [3.05, 3.63) is 22.2 Å². The summed E-state index contributed by atoms with van der Waals surface area (Å²) in [6.07, 6.45) is 6.01. The smallest absolute Gasteiger partial charge is 0.137 e. The average molecular weight is 328 g/mol. The maximum Gasteiger partial charge on any atom is 0.137 e. The molecule has 19 heavy (non-hydrogen) atoms. The van der Waals surface area contributed by atoms with Gasteiger partial charge in [-0.3, -0.25) is 0 Å². The molecule has 0 aromatic heterocycles. The molecule has 0 unspecified atom stereocenters.